The third kappa shape index (κ3) is 2.98. The molecule has 3 heterocycles. The lowest BCUT2D eigenvalue weighted by molar-refractivity contribution is 0.257. The van der Waals surface area contributed by atoms with Crippen LogP contribution in [0.4, 0.5) is 10.2 Å². The summed E-state index contributed by atoms with van der Waals surface area (Å²) in [6, 6.07) is 11.1. The molecule has 25 heavy (non-hydrogen) atoms. The Morgan fingerprint density at radius 1 is 1.20 bits per heavy atom. The van der Waals surface area contributed by atoms with Crippen molar-refractivity contribution in [2.45, 2.75) is 18.9 Å². The Kier molecular flexibility index (Phi) is 4.13. The number of nitrogens with zero attached hydrogens (tertiary/aromatic N) is 5. The van der Waals surface area contributed by atoms with E-state index in [-0.39, 0.29) is 5.82 Å². The van der Waals surface area contributed by atoms with Crippen molar-refractivity contribution in [1.82, 2.24) is 19.5 Å². The number of piperidine rings is 1. The van der Waals surface area contributed by atoms with Gasteiger partial charge in [0.2, 0.25) is 0 Å². The van der Waals surface area contributed by atoms with E-state index in [4.69, 9.17) is 0 Å². The van der Waals surface area contributed by atoms with Crippen molar-refractivity contribution >= 4 is 11.5 Å². The molecule has 2 aromatic heterocycles. The van der Waals surface area contributed by atoms with Gasteiger partial charge in [0.15, 0.2) is 5.65 Å². The summed E-state index contributed by atoms with van der Waals surface area (Å²) in [5, 5.41) is 4.43. The van der Waals surface area contributed by atoms with Crippen LogP contribution >= 0.6 is 0 Å². The molecule has 1 aliphatic rings. The molecule has 1 aliphatic heterocycles. The molecule has 0 N–H and O–H groups in total. The average Bonchev–Trinajstić information content (AvgIpc) is 3.10. The number of hydrogen-bond donors (Lipinski definition) is 0. The summed E-state index contributed by atoms with van der Waals surface area (Å²) in [7, 11) is 4.24. The van der Waals surface area contributed by atoms with Gasteiger partial charge in [-0.3, -0.25) is 0 Å². The van der Waals surface area contributed by atoms with Crippen molar-refractivity contribution in [3.05, 3.63) is 48.4 Å². The number of fused-ring (bicyclic) bond motifs is 1. The normalized spacial score (nSPS) is 18.2. The monoisotopic (exact) mass is 339 g/mol. The van der Waals surface area contributed by atoms with Crippen LogP contribution in [0, 0.1) is 5.82 Å². The number of benzene rings is 1. The molecule has 1 atom stereocenters. The minimum atomic E-state index is -0.255. The second-order valence-corrected chi connectivity index (χ2v) is 6.79. The third-order valence-corrected chi connectivity index (χ3v) is 4.94. The number of hydrogen-bond acceptors (Lipinski definition) is 4. The molecule has 6 heteroatoms. The zero-order valence-electron chi connectivity index (χ0n) is 14.6. The predicted molar refractivity (Wildman–Crippen MR) is 97.3 cm³/mol. The Hall–Kier alpha value is -2.47. The Morgan fingerprint density at radius 3 is 2.84 bits per heavy atom. The number of likely N-dealkylation sites (N-methyl/N-ethyl adjacent to an activating group) is 1. The molecule has 4 rings (SSSR count). The lowest BCUT2D eigenvalue weighted by Gasteiger charge is -2.37. The summed E-state index contributed by atoms with van der Waals surface area (Å²) >= 11 is 0. The summed E-state index contributed by atoms with van der Waals surface area (Å²) in [5.74, 6) is 0.717. The van der Waals surface area contributed by atoms with E-state index in [1.807, 2.05) is 22.7 Å². The molecule has 0 saturated carbocycles. The summed E-state index contributed by atoms with van der Waals surface area (Å²) in [5.41, 5.74) is 1.91. The van der Waals surface area contributed by atoms with Crippen molar-refractivity contribution in [2.75, 3.05) is 32.1 Å². The van der Waals surface area contributed by atoms with Gasteiger partial charge in [-0.2, -0.15) is 9.61 Å². The van der Waals surface area contributed by atoms with Crippen LogP contribution in [0.3, 0.4) is 0 Å². The van der Waals surface area contributed by atoms with E-state index in [2.05, 4.69) is 34.0 Å². The van der Waals surface area contributed by atoms with E-state index in [0.717, 1.165) is 31.0 Å². The van der Waals surface area contributed by atoms with Crippen LogP contribution in [0.2, 0.25) is 0 Å². The van der Waals surface area contributed by atoms with E-state index < -0.39 is 0 Å². The van der Waals surface area contributed by atoms with Gasteiger partial charge in [-0.25, -0.2) is 9.37 Å². The highest BCUT2D eigenvalue weighted by Gasteiger charge is 2.24. The van der Waals surface area contributed by atoms with Crippen LogP contribution in [-0.2, 0) is 0 Å². The molecule has 0 radical (unpaired) electrons. The molecule has 1 fully saturated rings. The first-order chi connectivity index (χ1) is 12.1. The third-order valence-electron chi connectivity index (χ3n) is 4.94. The number of rotatable bonds is 3. The highest BCUT2D eigenvalue weighted by molar-refractivity contribution is 5.67. The highest BCUT2D eigenvalue weighted by Crippen LogP contribution is 2.28. The fraction of sp³-hybridized carbons (Fsp3) is 0.368. The van der Waals surface area contributed by atoms with Gasteiger partial charge in [0.1, 0.15) is 11.6 Å². The number of anilines is 1. The van der Waals surface area contributed by atoms with Crippen molar-refractivity contribution < 1.29 is 4.39 Å². The van der Waals surface area contributed by atoms with Gasteiger partial charge in [-0.05, 0) is 39.1 Å². The van der Waals surface area contributed by atoms with E-state index in [9.17, 15) is 4.39 Å². The van der Waals surface area contributed by atoms with Crippen molar-refractivity contribution in [1.29, 1.82) is 0 Å². The highest BCUT2D eigenvalue weighted by atomic mass is 19.1. The van der Waals surface area contributed by atoms with E-state index in [1.165, 1.54) is 12.5 Å². The maximum Gasteiger partial charge on any atom is 0.157 e. The Labute approximate surface area is 146 Å². The van der Waals surface area contributed by atoms with Gasteiger partial charge in [0.05, 0.1) is 11.9 Å². The van der Waals surface area contributed by atoms with Crippen LogP contribution in [-0.4, -0.2) is 52.7 Å². The van der Waals surface area contributed by atoms with Crippen molar-refractivity contribution in [3.63, 3.8) is 0 Å². The van der Waals surface area contributed by atoms with E-state index >= 15 is 0 Å². The molecule has 130 valence electrons. The lowest BCUT2D eigenvalue weighted by Crippen LogP contribution is -2.45. The van der Waals surface area contributed by atoms with Gasteiger partial charge in [-0.1, -0.05) is 12.1 Å². The van der Waals surface area contributed by atoms with Crippen LogP contribution in [0.1, 0.15) is 12.8 Å². The minimum Gasteiger partial charge on any atom is -0.355 e. The SMILES string of the molecule is CN(C)[C@@H]1CCCN(c2cc(-c3ccccc3F)nc3ccnn23)C1. The smallest absolute Gasteiger partial charge is 0.157 e. The van der Waals surface area contributed by atoms with Crippen LogP contribution in [0.5, 0.6) is 0 Å². The summed E-state index contributed by atoms with van der Waals surface area (Å²) < 4.78 is 16.1. The first-order valence-corrected chi connectivity index (χ1v) is 8.64. The van der Waals surface area contributed by atoms with Gasteiger partial charge in [0, 0.05) is 36.8 Å². The fourth-order valence-corrected chi connectivity index (χ4v) is 3.51. The maximum absolute atomic E-state index is 14.3. The van der Waals surface area contributed by atoms with Crippen LogP contribution < -0.4 is 4.90 Å². The second-order valence-electron chi connectivity index (χ2n) is 6.79. The molecule has 0 unspecified atom stereocenters. The predicted octanol–water partition coefficient (Wildman–Crippen LogP) is 3.07. The van der Waals surface area contributed by atoms with Crippen molar-refractivity contribution in [3.8, 4) is 11.3 Å². The molecule has 0 bridgehead atoms. The molecule has 5 nitrogen and oxygen atoms in total. The van der Waals surface area contributed by atoms with Gasteiger partial charge < -0.3 is 9.80 Å². The molecule has 0 amide bonds. The van der Waals surface area contributed by atoms with E-state index in [1.54, 1.807) is 18.3 Å². The standard InChI is InChI=1S/C19H22FN5/c1-23(2)14-6-5-11-24(13-14)19-12-17(15-7-3-4-8-16(15)20)22-18-9-10-21-25(18)19/h3-4,7-10,12,14H,5-6,11,13H2,1-2H3/t14-/m1/s1. The Balaban J connectivity index is 1.80. The van der Waals surface area contributed by atoms with Gasteiger partial charge in [-0.15, -0.1) is 0 Å². The zero-order chi connectivity index (χ0) is 17.4. The molecule has 0 spiro atoms. The molecule has 0 aliphatic carbocycles. The van der Waals surface area contributed by atoms with Gasteiger partial charge >= 0.3 is 0 Å². The van der Waals surface area contributed by atoms with Gasteiger partial charge in [0.25, 0.3) is 0 Å². The van der Waals surface area contributed by atoms with Crippen LogP contribution in [0.15, 0.2) is 42.6 Å². The molecule has 3 aromatic rings. The summed E-state index contributed by atoms with van der Waals surface area (Å²) in [6.07, 6.45) is 4.06. The van der Waals surface area contributed by atoms with Crippen LogP contribution in [0.25, 0.3) is 16.9 Å². The second kappa shape index (κ2) is 6.44. The van der Waals surface area contributed by atoms with Crippen molar-refractivity contribution in [2.24, 2.45) is 0 Å². The largest absolute Gasteiger partial charge is 0.355 e. The van der Waals surface area contributed by atoms with E-state index in [0.29, 0.717) is 17.3 Å². The molecular formula is C19H22FN5. The molecular weight excluding hydrogens is 317 g/mol. The quantitative estimate of drug-likeness (QED) is 0.735. The molecule has 1 aromatic carbocycles. The first kappa shape index (κ1) is 16.0. The fourth-order valence-electron chi connectivity index (χ4n) is 3.51. The molecule has 1 saturated heterocycles. The number of aromatic nitrogens is 3. The topological polar surface area (TPSA) is 36.7 Å². The number of halogens is 1. The Morgan fingerprint density at radius 2 is 2.04 bits per heavy atom. The minimum absolute atomic E-state index is 0.255. The lowest BCUT2D eigenvalue weighted by atomic mass is 10.0. The zero-order valence-corrected chi connectivity index (χ0v) is 14.6. The average molecular weight is 339 g/mol. The summed E-state index contributed by atoms with van der Waals surface area (Å²) in [4.78, 5) is 9.20. The Bertz CT molecular complexity index is 888. The summed E-state index contributed by atoms with van der Waals surface area (Å²) in [6.45, 7) is 1.91. The first-order valence-electron chi connectivity index (χ1n) is 8.64. The maximum atomic E-state index is 14.3.